The number of carbonyl (C=O) groups excluding carboxylic acids is 1. The van der Waals surface area contributed by atoms with Gasteiger partial charge >= 0.3 is 12.0 Å². The van der Waals surface area contributed by atoms with E-state index in [9.17, 15) is 9.18 Å². The van der Waals surface area contributed by atoms with E-state index in [0.717, 1.165) is 5.56 Å². The first-order chi connectivity index (χ1) is 11.1. The quantitative estimate of drug-likeness (QED) is 0.525. The Hall–Kier alpha value is -2.89. The second-order valence-electron chi connectivity index (χ2n) is 5.47. The molecule has 1 unspecified atom stereocenters. The van der Waals surface area contributed by atoms with Gasteiger partial charge in [0.25, 0.3) is 0 Å². The Balaban J connectivity index is 1.65. The van der Waals surface area contributed by atoms with Gasteiger partial charge in [0.15, 0.2) is 5.58 Å². The van der Waals surface area contributed by atoms with Crippen LogP contribution in [-0.2, 0) is 4.79 Å². The lowest BCUT2D eigenvalue weighted by Gasteiger charge is -2.21. The molecular weight excluding hydrogens is 301 g/mol. The first kappa shape index (κ1) is 13.8. The van der Waals surface area contributed by atoms with Crippen LogP contribution in [0.5, 0.6) is 17.6 Å². The van der Waals surface area contributed by atoms with Gasteiger partial charge in [-0.2, -0.15) is 4.98 Å². The molecule has 0 fully saturated rings. The predicted octanol–water partition coefficient (Wildman–Crippen LogP) is 4.17. The topological polar surface area (TPSA) is 61.6 Å². The Kier molecular flexibility index (Phi) is 3.04. The maximum Gasteiger partial charge on any atom is 0.400 e. The van der Waals surface area contributed by atoms with Crippen molar-refractivity contribution in [2.24, 2.45) is 0 Å². The molecule has 5 nitrogen and oxygen atoms in total. The van der Waals surface area contributed by atoms with Gasteiger partial charge in [0.2, 0.25) is 0 Å². The minimum atomic E-state index is -0.396. The van der Waals surface area contributed by atoms with Crippen molar-refractivity contribution in [1.82, 2.24) is 4.98 Å². The maximum atomic E-state index is 13.2. The Morgan fingerprint density at radius 3 is 3.00 bits per heavy atom. The Morgan fingerprint density at radius 1 is 1.26 bits per heavy atom. The second kappa shape index (κ2) is 5.08. The molecule has 1 aliphatic rings. The minimum absolute atomic E-state index is 0.000680. The Labute approximate surface area is 130 Å². The lowest BCUT2D eigenvalue weighted by Crippen LogP contribution is -2.18. The molecule has 0 saturated heterocycles. The average Bonchev–Trinajstić information content (AvgIpc) is 2.87. The van der Waals surface area contributed by atoms with Gasteiger partial charge in [-0.1, -0.05) is 13.0 Å². The smallest absolute Gasteiger partial charge is 0.400 e. The number of oxazole rings is 1. The van der Waals surface area contributed by atoms with E-state index in [1.807, 2.05) is 13.0 Å². The highest BCUT2D eigenvalue weighted by atomic mass is 19.1. The van der Waals surface area contributed by atoms with E-state index >= 15 is 0 Å². The third-order valence-corrected chi connectivity index (χ3v) is 3.75. The van der Waals surface area contributed by atoms with E-state index in [-0.39, 0.29) is 18.0 Å². The molecule has 116 valence electrons. The summed E-state index contributed by atoms with van der Waals surface area (Å²) in [6.07, 6.45) is 0.366. The molecule has 6 heteroatoms. The summed E-state index contributed by atoms with van der Waals surface area (Å²) in [5, 5.41) is 0. The molecule has 0 amide bonds. The molecule has 1 atom stereocenters. The van der Waals surface area contributed by atoms with E-state index in [4.69, 9.17) is 13.9 Å². The lowest BCUT2D eigenvalue weighted by molar-refractivity contribution is -0.135. The van der Waals surface area contributed by atoms with Gasteiger partial charge in [0.1, 0.15) is 22.8 Å². The van der Waals surface area contributed by atoms with Crippen LogP contribution in [0.25, 0.3) is 11.1 Å². The van der Waals surface area contributed by atoms with Crippen molar-refractivity contribution in [2.75, 3.05) is 0 Å². The number of aromatic nitrogens is 1. The molecule has 0 bridgehead atoms. The molecule has 0 N–H and O–H groups in total. The number of hydrogen-bond donors (Lipinski definition) is 0. The number of halogens is 1. The molecule has 1 aromatic heterocycles. The second-order valence-corrected chi connectivity index (χ2v) is 5.47. The molecule has 0 saturated carbocycles. The van der Waals surface area contributed by atoms with E-state index < -0.39 is 5.82 Å². The average molecular weight is 313 g/mol. The molecule has 2 aromatic carbocycles. The summed E-state index contributed by atoms with van der Waals surface area (Å²) in [6, 6.07) is 9.27. The van der Waals surface area contributed by atoms with Gasteiger partial charge < -0.3 is 13.9 Å². The van der Waals surface area contributed by atoms with Crippen LogP contribution in [0.4, 0.5) is 4.39 Å². The third kappa shape index (κ3) is 2.52. The van der Waals surface area contributed by atoms with Crippen LogP contribution in [0.15, 0.2) is 40.8 Å². The minimum Gasteiger partial charge on any atom is -0.426 e. The number of benzene rings is 2. The highest BCUT2D eigenvalue weighted by Gasteiger charge is 2.24. The first-order valence-corrected chi connectivity index (χ1v) is 7.17. The number of rotatable bonds is 2. The zero-order valence-corrected chi connectivity index (χ0v) is 12.2. The van der Waals surface area contributed by atoms with Gasteiger partial charge in [-0.25, -0.2) is 4.39 Å². The molecule has 4 rings (SSSR count). The predicted molar refractivity (Wildman–Crippen MR) is 79.2 cm³/mol. The number of esters is 1. The number of fused-ring (bicyclic) bond motifs is 2. The van der Waals surface area contributed by atoms with Crippen molar-refractivity contribution in [1.29, 1.82) is 0 Å². The highest BCUT2D eigenvalue weighted by Crippen LogP contribution is 2.37. The van der Waals surface area contributed by atoms with Crippen molar-refractivity contribution in [3.05, 3.63) is 47.8 Å². The van der Waals surface area contributed by atoms with Crippen molar-refractivity contribution < 1.29 is 23.1 Å². The zero-order chi connectivity index (χ0) is 16.0. The largest absolute Gasteiger partial charge is 0.426 e. The molecule has 0 radical (unpaired) electrons. The van der Waals surface area contributed by atoms with Crippen molar-refractivity contribution in [2.45, 2.75) is 19.3 Å². The first-order valence-electron chi connectivity index (χ1n) is 7.17. The van der Waals surface area contributed by atoms with Crippen molar-refractivity contribution in [3.63, 3.8) is 0 Å². The molecule has 2 heterocycles. The SMILES string of the molecule is CC1CC(=O)Oc2cc(Oc3nc4cc(F)ccc4o3)ccc21. The number of carbonyl (C=O) groups is 1. The molecule has 23 heavy (non-hydrogen) atoms. The van der Waals surface area contributed by atoms with Crippen LogP contribution in [0.2, 0.25) is 0 Å². The summed E-state index contributed by atoms with van der Waals surface area (Å²) in [5.74, 6) is 0.352. The van der Waals surface area contributed by atoms with Crippen molar-refractivity contribution in [3.8, 4) is 17.6 Å². The summed E-state index contributed by atoms with van der Waals surface area (Å²) in [7, 11) is 0. The van der Waals surface area contributed by atoms with Gasteiger partial charge in [0.05, 0.1) is 6.42 Å². The van der Waals surface area contributed by atoms with Gasteiger partial charge in [-0.05, 0) is 29.7 Å². The van der Waals surface area contributed by atoms with E-state index in [1.165, 1.54) is 18.2 Å². The lowest BCUT2D eigenvalue weighted by atomic mass is 9.95. The monoisotopic (exact) mass is 313 g/mol. The molecular formula is C17H12FNO4. The molecule has 0 spiro atoms. The van der Waals surface area contributed by atoms with Crippen molar-refractivity contribution >= 4 is 17.1 Å². The third-order valence-electron chi connectivity index (χ3n) is 3.75. The Bertz CT molecular complexity index is 918. The molecule has 1 aliphatic heterocycles. The van der Waals surface area contributed by atoms with E-state index in [1.54, 1.807) is 12.1 Å². The maximum absolute atomic E-state index is 13.2. The fourth-order valence-electron chi connectivity index (χ4n) is 2.62. The normalized spacial score (nSPS) is 17.0. The number of hydrogen-bond acceptors (Lipinski definition) is 5. The summed E-state index contributed by atoms with van der Waals surface area (Å²) >= 11 is 0. The summed E-state index contributed by atoms with van der Waals surface area (Å²) in [4.78, 5) is 15.6. The van der Waals surface area contributed by atoms with Gasteiger partial charge in [0, 0.05) is 12.1 Å². The van der Waals surface area contributed by atoms with Crippen LogP contribution < -0.4 is 9.47 Å². The molecule has 0 aliphatic carbocycles. The van der Waals surface area contributed by atoms with Crippen LogP contribution in [-0.4, -0.2) is 11.0 Å². The Morgan fingerprint density at radius 2 is 2.13 bits per heavy atom. The zero-order valence-electron chi connectivity index (χ0n) is 12.2. The van der Waals surface area contributed by atoms with Crippen LogP contribution >= 0.6 is 0 Å². The highest BCUT2D eigenvalue weighted by molar-refractivity contribution is 5.76. The van der Waals surface area contributed by atoms with Gasteiger partial charge in [-0.3, -0.25) is 4.79 Å². The summed E-state index contributed by atoms with van der Waals surface area (Å²) in [5.41, 5.74) is 1.76. The number of ether oxygens (including phenoxy) is 2. The fourth-order valence-corrected chi connectivity index (χ4v) is 2.62. The standard InChI is InChI=1S/C17H12FNO4/c1-9-6-16(20)22-15-8-11(3-4-12(9)15)21-17-19-13-7-10(18)2-5-14(13)23-17/h2-5,7-9H,6H2,1H3. The molecule has 3 aromatic rings. The van der Waals surface area contributed by atoms with Gasteiger partial charge in [-0.15, -0.1) is 0 Å². The van der Waals surface area contributed by atoms with Crippen LogP contribution in [0, 0.1) is 5.82 Å². The fraction of sp³-hybridized carbons (Fsp3) is 0.176. The van der Waals surface area contributed by atoms with E-state index in [2.05, 4.69) is 4.98 Å². The summed E-state index contributed by atoms with van der Waals surface area (Å²) in [6.45, 7) is 1.97. The van der Waals surface area contributed by atoms with Crippen LogP contribution in [0.1, 0.15) is 24.8 Å². The van der Waals surface area contributed by atoms with E-state index in [0.29, 0.717) is 29.0 Å². The van der Waals surface area contributed by atoms with Crippen LogP contribution in [0.3, 0.4) is 0 Å². The summed E-state index contributed by atoms with van der Waals surface area (Å²) < 4.78 is 29.4. The number of nitrogens with zero attached hydrogens (tertiary/aromatic N) is 1.